The monoisotopic (exact) mass is 412 g/mol. The average molecular weight is 413 g/mol. The first-order valence-corrected chi connectivity index (χ1v) is 11.3. The van der Waals surface area contributed by atoms with Gasteiger partial charge in [-0.1, -0.05) is 58.0 Å². The Bertz CT molecular complexity index is 853. The fourth-order valence-corrected chi connectivity index (χ4v) is 4.80. The Hall–Kier alpha value is -2.14. The van der Waals surface area contributed by atoms with Crippen molar-refractivity contribution in [2.75, 3.05) is 13.1 Å². The van der Waals surface area contributed by atoms with Crippen molar-refractivity contribution in [1.29, 1.82) is 0 Å². The van der Waals surface area contributed by atoms with Gasteiger partial charge in [-0.2, -0.15) is 0 Å². The highest BCUT2D eigenvalue weighted by molar-refractivity contribution is 7.10. The Morgan fingerprint density at radius 3 is 2.52 bits per heavy atom. The highest BCUT2D eigenvalue weighted by atomic mass is 32.1. The summed E-state index contributed by atoms with van der Waals surface area (Å²) in [5, 5.41) is 2.11. The normalized spacial score (nSPS) is 17.6. The van der Waals surface area contributed by atoms with Gasteiger partial charge in [0.25, 0.3) is 0 Å². The minimum atomic E-state index is -0.509. The Labute approximate surface area is 178 Å². The lowest BCUT2D eigenvalue weighted by atomic mass is 9.92. The standard InChI is InChI=1S/C24H32N2O2S/c1-6-17(2)26(23(28)24(3,4)5)16-21(27)25-14-12-20-19(13-15-29-20)22(25)18-10-8-7-9-11-18/h7-11,13,15,17,22H,6,12,14,16H2,1-5H3/t17-,22-/m1/s1. The third-order valence-corrected chi connectivity index (χ3v) is 6.73. The maximum Gasteiger partial charge on any atom is 0.243 e. The summed E-state index contributed by atoms with van der Waals surface area (Å²) in [4.78, 5) is 31.7. The van der Waals surface area contributed by atoms with Crippen LogP contribution in [0.4, 0.5) is 0 Å². The predicted octanol–water partition coefficient (Wildman–Crippen LogP) is 4.90. The molecule has 0 saturated carbocycles. The average Bonchev–Trinajstić information content (AvgIpc) is 3.18. The van der Waals surface area contributed by atoms with Gasteiger partial charge in [-0.3, -0.25) is 9.59 Å². The van der Waals surface area contributed by atoms with E-state index in [9.17, 15) is 9.59 Å². The van der Waals surface area contributed by atoms with Gasteiger partial charge in [-0.15, -0.1) is 11.3 Å². The lowest BCUT2D eigenvalue weighted by Crippen LogP contribution is -2.51. The summed E-state index contributed by atoms with van der Waals surface area (Å²) in [6.07, 6.45) is 1.70. The molecular formula is C24H32N2O2S. The molecule has 0 N–H and O–H groups in total. The molecule has 3 rings (SSSR count). The fourth-order valence-electron chi connectivity index (χ4n) is 3.90. The molecule has 0 aliphatic carbocycles. The van der Waals surface area contributed by atoms with E-state index >= 15 is 0 Å². The molecule has 0 radical (unpaired) electrons. The van der Waals surface area contributed by atoms with Crippen LogP contribution in [-0.4, -0.2) is 40.7 Å². The number of carbonyl (C=O) groups is 2. The lowest BCUT2D eigenvalue weighted by molar-refractivity contribution is -0.148. The molecule has 156 valence electrons. The molecule has 0 bridgehead atoms. The van der Waals surface area contributed by atoms with Gasteiger partial charge in [-0.05, 0) is 42.3 Å². The van der Waals surface area contributed by atoms with Crippen molar-refractivity contribution in [3.63, 3.8) is 0 Å². The number of carbonyl (C=O) groups excluding carboxylic acids is 2. The highest BCUT2D eigenvalue weighted by Crippen LogP contribution is 2.38. The van der Waals surface area contributed by atoms with Gasteiger partial charge >= 0.3 is 0 Å². The molecule has 2 aromatic rings. The Morgan fingerprint density at radius 1 is 1.21 bits per heavy atom. The molecule has 0 saturated heterocycles. The first kappa shape index (κ1) is 21.6. The second-order valence-corrected chi connectivity index (χ2v) is 9.89. The van der Waals surface area contributed by atoms with E-state index in [0.29, 0.717) is 6.54 Å². The molecule has 5 heteroatoms. The van der Waals surface area contributed by atoms with E-state index in [4.69, 9.17) is 0 Å². The minimum absolute atomic E-state index is 0.0219. The summed E-state index contributed by atoms with van der Waals surface area (Å²) < 4.78 is 0. The molecule has 1 aromatic carbocycles. The van der Waals surface area contributed by atoms with Crippen LogP contribution in [0.15, 0.2) is 41.8 Å². The number of hydrogen-bond donors (Lipinski definition) is 0. The van der Waals surface area contributed by atoms with Gasteiger partial charge in [0.1, 0.15) is 6.54 Å². The molecule has 2 atom stereocenters. The first-order valence-electron chi connectivity index (χ1n) is 10.5. The summed E-state index contributed by atoms with van der Waals surface area (Å²) in [6, 6.07) is 12.3. The molecular weight excluding hydrogens is 380 g/mol. The predicted molar refractivity (Wildman–Crippen MR) is 119 cm³/mol. The van der Waals surface area contributed by atoms with Crippen LogP contribution in [0, 0.1) is 5.41 Å². The Balaban J connectivity index is 1.91. The summed E-state index contributed by atoms with van der Waals surface area (Å²) in [7, 11) is 0. The van der Waals surface area contributed by atoms with Crippen molar-refractivity contribution in [2.45, 2.75) is 59.5 Å². The van der Waals surface area contributed by atoms with Gasteiger partial charge in [0, 0.05) is 22.9 Å². The molecule has 1 aliphatic rings. The van der Waals surface area contributed by atoms with Crippen LogP contribution in [0.5, 0.6) is 0 Å². The Morgan fingerprint density at radius 2 is 1.90 bits per heavy atom. The third-order valence-electron chi connectivity index (χ3n) is 5.73. The maximum absolute atomic E-state index is 13.5. The molecule has 0 spiro atoms. The largest absolute Gasteiger partial charge is 0.330 e. The Kier molecular flexibility index (Phi) is 6.47. The van der Waals surface area contributed by atoms with Gasteiger partial charge in [0.15, 0.2) is 0 Å². The van der Waals surface area contributed by atoms with E-state index < -0.39 is 5.41 Å². The van der Waals surface area contributed by atoms with Crippen LogP contribution < -0.4 is 0 Å². The summed E-state index contributed by atoms with van der Waals surface area (Å²) in [6.45, 7) is 10.7. The maximum atomic E-state index is 13.5. The van der Waals surface area contributed by atoms with Crippen LogP contribution >= 0.6 is 11.3 Å². The second-order valence-electron chi connectivity index (χ2n) is 8.89. The number of fused-ring (bicyclic) bond motifs is 1. The third kappa shape index (κ3) is 4.55. The van der Waals surface area contributed by atoms with Gasteiger partial charge in [0.05, 0.1) is 6.04 Å². The van der Waals surface area contributed by atoms with Crippen molar-refractivity contribution < 1.29 is 9.59 Å². The van der Waals surface area contributed by atoms with Gasteiger partial charge < -0.3 is 9.80 Å². The van der Waals surface area contributed by atoms with Crippen molar-refractivity contribution in [2.24, 2.45) is 5.41 Å². The smallest absolute Gasteiger partial charge is 0.243 e. The van der Waals surface area contributed by atoms with E-state index in [0.717, 1.165) is 18.4 Å². The quantitative estimate of drug-likeness (QED) is 0.701. The van der Waals surface area contributed by atoms with E-state index in [1.165, 1.54) is 10.4 Å². The van der Waals surface area contributed by atoms with Gasteiger partial charge in [-0.25, -0.2) is 0 Å². The van der Waals surface area contributed by atoms with Crippen LogP contribution in [0.25, 0.3) is 0 Å². The molecule has 29 heavy (non-hydrogen) atoms. The van der Waals surface area contributed by atoms with Crippen LogP contribution in [0.1, 0.15) is 63.1 Å². The summed E-state index contributed by atoms with van der Waals surface area (Å²) in [5.74, 6) is 0.0540. The SMILES string of the molecule is CC[C@@H](C)N(CC(=O)N1CCc2sccc2[C@H]1c1ccccc1)C(=O)C(C)(C)C. The number of benzene rings is 1. The molecule has 2 amide bonds. The van der Waals surface area contributed by atoms with Crippen LogP contribution in [0.3, 0.4) is 0 Å². The zero-order valence-corrected chi connectivity index (χ0v) is 19.0. The van der Waals surface area contributed by atoms with Crippen molar-refractivity contribution in [1.82, 2.24) is 9.80 Å². The molecule has 1 aromatic heterocycles. The number of nitrogens with zero attached hydrogens (tertiary/aromatic N) is 2. The minimum Gasteiger partial charge on any atom is -0.330 e. The van der Waals surface area contributed by atoms with Gasteiger partial charge in [0.2, 0.25) is 11.8 Å². The zero-order valence-electron chi connectivity index (χ0n) is 18.1. The number of amides is 2. The van der Waals surface area contributed by atoms with Crippen LogP contribution in [0.2, 0.25) is 0 Å². The van der Waals surface area contributed by atoms with E-state index in [-0.39, 0.29) is 30.4 Å². The molecule has 2 heterocycles. The first-order chi connectivity index (χ1) is 13.7. The zero-order chi connectivity index (χ0) is 21.2. The summed E-state index contributed by atoms with van der Waals surface area (Å²) >= 11 is 1.77. The van der Waals surface area contributed by atoms with Crippen molar-refractivity contribution >= 4 is 23.2 Å². The lowest BCUT2D eigenvalue weighted by Gasteiger charge is -2.39. The number of thiophene rings is 1. The molecule has 0 fully saturated rings. The van der Waals surface area contributed by atoms with Crippen molar-refractivity contribution in [3.8, 4) is 0 Å². The fraction of sp³-hybridized carbons (Fsp3) is 0.500. The van der Waals surface area contributed by atoms with E-state index in [1.54, 1.807) is 16.2 Å². The van der Waals surface area contributed by atoms with E-state index in [1.807, 2.05) is 50.8 Å². The molecule has 4 nitrogen and oxygen atoms in total. The van der Waals surface area contributed by atoms with E-state index in [2.05, 4.69) is 30.5 Å². The highest BCUT2D eigenvalue weighted by Gasteiger charge is 2.36. The second kappa shape index (κ2) is 8.70. The van der Waals surface area contributed by atoms with Crippen LogP contribution in [-0.2, 0) is 16.0 Å². The summed E-state index contributed by atoms with van der Waals surface area (Å²) in [5.41, 5.74) is 1.83. The topological polar surface area (TPSA) is 40.6 Å². The molecule has 1 aliphatic heterocycles. The number of hydrogen-bond acceptors (Lipinski definition) is 3. The molecule has 0 unspecified atom stereocenters. The number of rotatable bonds is 5. The van der Waals surface area contributed by atoms with Crippen molar-refractivity contribution in [3.05, 3.63) is 57.8 Å².